The quantitative estimate of drug-likeness (QED) is 0.431. The van der Waals surface area contributed by atoms with Crippen molar-refractivity contribution < 1.29 is 19.4 Å². The maximum Gasteiger partial charge on any atom is 0.289 e. The summed E-state index contributed by atoms with van der Waals surface area (Å²) in [6, 6.07) is 14.0. The van der Waals surface area contributed by atoms with Gasteiger partial charge in [0.05, 0.1) is 25.6 Å². The molecule has 0 saturated heterocycles. The molecule has 1 heterocycles. The molecule has 0 aliphatic heterocycles. The van der Waals surface area contributed by atoms with Gasteiger partial charge in [0.2, 0.25) is 0 Å². The topological polar surface area (TPSA) is 109 Å². The van der Waals surface area contributed by atoms with Crippen molar-refractivity contribution in [1.82, 2.24) is 15.6 Å². The number of carbonyl (C=O) groups excluding carboxylic acids is 1. The van der Waals surface area contributed by atoms with E-state index in [1.165, 1.54) is 6.21 Å². The number of methoxy groups -OCH3 is 1. The Morgan fingerprint density at radius 3 is 2.79 bits per heavy atom. The highest BCUT2D eigenvalue weighted by Crippen LogP contribution is 2.28. The Labute approximate surface area is 161 Å². The normalized spacial score (nSPS) is 10.8. The standard InChI is InChI=1S/C20H20N4O4/c1-3-28-18-6-4-5-14(19(18)25)12-21-24-20(26)17-11-16(22-23-17)13-7-9-15(27-2)10-8-13/h4-12,25H,3H2,1-2H3,(H,22,23)(H,24,26). The molecule has 0 radical (unpaired) electrons. The van der Waals surface area contributed by atoms with Gasteiger partial charge in [-0.2, -0.15) is 10.2 Å². The summed E-state index contributed by atoms with van der Waals surface area (Å²) < 4.78 is 10.4. The highest BCUT2D eigenvalue weighted by atomic mass is 16.5. The molecule has 0 unspecified atom stereocenters. The molecule has 144 valence electrons. The van der Waals surface area contributed by atoms with Crippen LogP contribution in [-0.4, -0.2) is 41.1 Å². The minimum Gasteiger partial charge on any atom is -0.504 e. The summed E-state index contributed by atoms with van der Waals surface area (Å²) in [4.78, 5) is 12.2. The first-order valence-electron chi connectivity index (χ1n) is 8.60. The second-order valence-electron chi connectivity index (χ2n) is 5.72. The van der Waals surface area contributed by atoms with Crippen molar-refractivity contribution in [2.24, 2.45) is 5.10 Å². The van der Waals surface area contributed by atoms with Gasteiger partial charge in [-0.05, 0) is 49.4 Å². The van der Waals surface area contributed by atoms with E-state index in [1.807, 2.05) is 31.2 Å². The van der Waals surface area contributed by atoms with E-state index in [4.69, 9.17) is 9.47 Å². The third-order valence-corrected chi connectivity index (χ3v) is 3.91. The van der Waals surface area contributed by atoms with Crippen LogP contribution >= 0.6 is 0 Å². The van der Waals surface area contributed by atoms with Crippen molar-refractivity contribution >= 4 is 12.1 Å². The first-order valence-corrected chi connectivity index (χ1v) is 8.60. The van der Waals surface area contributed by atoms with E-state index in [9.17, 15) is 9.90 Å². The number of hydrogen-bond donors (Lipinski definition) is 3. The molecule has 0 bridgehead atoms. The van der Waals surface area contributed by atoms with E-state index >= 15 is 0 Å². The molecular weight excluding hydrogens is 360 g/mol. The molecule has 1 amide bonds. The molecule has 0 saturated carbocycles. The summed E-state index contributed by atoms with van der Waals surface area (Å²) in [6.07, 6.45) is 1.34. The Balaban J connectivity index is 1.66. The molecule has 0 aliphatic carbocycles. The lowest BCUT2D eigenvalue weighted by atomic mass is 10.1. The Morgan fingerprint density at radius 1 is 1.29 bits per heavy atom. The van der Waals surface area contributed by atoms with E-state index in [2.05, 4.69) is 20.7 Å². The van der Waals surface area contributed by atoms with Crippen LogP contribution in [0.25, 0.3) is 11.3 Å². The van der Waals surface area contributed by atoms with Gasteiger partial charge >= 0.3 is 0 Å². The minimum absolute atomic E-state index is 0.0364. The number of ether oxygens (including phenoxy) is 2. The molecule has 28 heavy (non-hydrogen) atoms. The van der Waals surface area contributed by atoms with Crippen molar-refractivity contribution in [3.63, 3.8) is 0 Å². The molecule has 3 rings (SSSR count). The Kier molecular flexibility index (Phi) is 5.91. The van der Waals surface area contributed by atoms with Gasteiger partial charge in [0.25, 0.3) is 5.91 Å². The first-order chi connectivity index (χ1) is 13.6. The first kappa shape index (κ1) is 19.0. The summed E-state index contributed by atoms with van der Waals surface area (Å²) in [5.41, 5.74) is 4.55. The van der Waals surface area contributed by atoms with Crippen LogP contribution in [0.4, 0.5) is 0 Å². The minimum atomic E-state index is -0.455. The molecule has 1 aromatic heterocycles. The molecule has 8 nitrogen and oxygen atoms in total. The molecule has 2 aromatic carbocycles. The third-order valence-electron chi connectivity index (χ3n) is 3.91. The Hall–Kier alpha value is -3.81. The van der Waals surface area contributed by atoms with Crippen molar-refractivity contribution in [2.45, 2.75) is 6.92 Å². The fourth-order valence-corrected chi connectivity index (χ4v) is 2.48. The van der Waals surface area contributed by atoms with E-state index in [-0.39, 0.29) is 11.4 Å². The number of benzene rings is 2. The van der Waals surface area contributed by atoms with Gasteiger partial charge in [-0.25, -0.2) is 5.43 Å². The Morgan fingerprint density at radius 2 is 2.07 bits per heavy atom. The second kappa shape index (κ2) is 8.72. The van der Waals surface area contributed by atoms with Gasteiger partial charge in [0.1, 0.15) is 11.4 Å². The second-order valence-corrected chi connectivity index (χ2v) is 5.72. The molecule has 0 spiro atoms. The number of nitrogens with one attached hydrogen (secondary N) is 2. The number of hydrogen-bond acceptors (Lipinski definition) is 6. The summed E-state index contributed by atoms with van der Waals surface area (Å²) in [6.45, 7) is 2.26. The van der Waals surface area contributed by atoms with Gasteiger partial charge < -0.3 is 14.6 Å². The molecular formula is C20H20N4O4. The van der Waals surface area contributed by atoms with Crippen molar-refractivity contribution in [3.05, 3.63) is 59.8 Å². The van der Waals surface area contributed by atoms with E-state index in [0.717, 1.165) is 11.3 Å². The monoisotopic (exact) mass is 380 g/mol. The lowest BCUT2D eigenvalue weighted by Crippen LogP contribution is -2.18. The number of nitrogens with zero attached hydrogens (tertiary/aromatic N) is 2. The zero-order valence-corrected chi connectivity index (χ0v) is 15.5. The van der Waals surface area contributed by atoms with Crippen LogP contribution in [0, 0.1) is 0 Å². The number of phenolic OH excluding ortho intramolecular Hbond substituents is 1. The summed E-state index contributed by atoms with van der Waals surface area (Å²) >= 11 is 0. The number of amides is 1. The molecule has 0 atom stereocenters. The van der Waals surface area contributed by atoms with Gasteiger partial charge in [-0.3, -0.25) is 9.89 Å². The molecule has 3 N–H and O–H groups in total. The number of aromatic amines is 1. The van der Waals surface area contributed by atoms with Crippen molar-refractivity contribution in [2.75, 3.05) is 13.7 Å². The lowest BCUT2D eigenvalue weighted by molar-refractivity contribution is 0.0950. The number of H-pyrrole nitrogens is 1. The van der Waals surface area contributed by atoms with E-state index in [0.29, 0.717) is 23.6 Å². The van der Waals surface area contributed by atoms with Crippen molar-refractivity contribution in [3.8, 4) is 28.5 Å². The molecule has 3 aromatic rings. The maximum atomic E-state index is 12.2. The Bertz CT molecular complexity index is 980. The fourth-order valence-electron chi connectivity index (χ4n) is 2.48. The van der Waals surface area contributed by atoms with Crippen LogP contribution < -0.4 is 14.9 Å². The van der Waals surface area contributed by atoms with Gasteiger partial charge in [-0.15, -0.1) is 0 Å². The van der Waals surface area contributed by atoms with Gasteiger partial charge in [0.15, 0.2) is 11.5 Å². The number of rotatable bonds is 7. The zero-order chi connectivity index (χ0) is 19.9. The lowest BCUT2D eigenvalue weighted by Gasteiger charge is -2.07. The zero-order valence-electron chi connectivity index (χ0n) is 15.5. The smallest absolute Gasteiger partial charge is 0.289 e. The maximum absolute atomic E-state index is 12.2. The van der Waals surface area contributed by atoms with E-state index < -0.39 is 5.91 Å². The molecule has 8 heteroatoms. The fraction of sp³-hybridized carbons (Fsp3) is 0.150. The molecule has 0 aliphatic rings. The van der Waals surface area contributed by atoms with Crippen LogP contribution in [0.3, 0.4) is 0 Å². The summed E-state index contributed by atoms with van der Waals surface area (Å²) in [5, 5.41) is 20.8. The number of carbonyl (C=O) groups is 1. The number of phenols is 1. The molecule has 0 fully saturated rings. The van der Waals surface area contributed by atoms with Crippen LogP contribution in [0.1, 0.15) is 23.0 Å². The predicted molar refractivity (Wildman–Crippen MR) is 105 cm³/mol. The van der Waals surface area contributed by atoms with E-state index in [1.54, 1.807) is 31.4 Å². The highest BCUT2D eigenvalue weighted by Gasteiger charge is 2.11. The SMILES string of the molecule is CCOc1cccc(C=NNC(=O)c2cc(-c3ccc(OC)cc3)n[nH]2)c1O. The van der Waals surface area contributed by atoms with Crippen LogP contribution in [0.2, 0.25) is 0 Å². The average molecular weight is 380 g/mol. The summed E-state index contributed by atoms with van der Waals surface area (Å²) in [5.74, 6) is 0.605. The summed E-state index contributed by atoms with van der Waals surface area (Å²) in [7, 11) is 1.60. The van der Waals surface area contributed by atoms with Gasteiger partial charge in [0, 0.05) is 11.1 Å². The largest absolute Gasteiger partial charge is 0.504 e. The highest BCUT2D eigenvalue weighted by molar-refractivity contribution is 5.94. The third kappa shape index (κ3) is 4.29. The van der Waals surface area contributed by atoms with Gasteiger partial charge in [-0.1, -0.05) is 6.07 Å². The van der Waals surface area contributed by atoms with Crippen LogP contribution in [0.5, 0.6) is 17.2 Å². The van der Waals surface area contributed by atoms with Crippen molar-refractivity contribution in [1.29, 1.82) is 0 Å². The van der Waals surface area contributed by atoms with Crippen LogP contribution in [-0.2, 0) is 0 Å². The average Bonchev–Trinajstić information content (AvgIpc) is 3.21. The number of para-hydroxylation sites is 1. The van der Waals surface area contributed by atoms with Crippen LogP contribution in [0.15, 0.2) is 53.6 Å². The number of aromatic nitrogens is 2. The number of hydrazone groups is 1. The predicted octanol–water partition coefficient (Wildman–Crippen LogP) is 2.95. The number of aromatic hydroxyl groups is 1.